The Balaban J connectivity index is 1.29. The quantitative estimate of drug-likeness (QED) is 0.380. The minimum Gasteiger partial charge on any atom is -0.0651 e. The van der Waals surface area contributed by atoms with Crippen LogP contribution < -0.4 is 0 Å². The van der Waals surface area contributed by atoms with E-state index in [1.54, 1.807) is 0 Å². The molecule has 3 aromatic carbocycles. The topological polar surface area (TPSA) is 0 Å². The Morgan fingerprint density at radius 3 is 1.33 bits per heavy atom. The van der Waals surface area contributed by atoms with Gasteiger partial charge in [-0.25, -0.2) is 0 Å². The molecular weight excluding hydrogens is 360 g/mol. The Hall–Kier alpha value is -2.34. The molecule has 0 aromatic heterocycles. The molecule has 156 valence electrons. The van der Waals surface area contributed by atoms with Crippen molar-refractivity contribution < 1.29 is 0 Å². The van der Waals surface area contributed by atoms with Crippen LogP contribution in [0.4, 0.5) is 0 Å². The van der Waals surface area contributed by atoms with E-state index in [1.165, 1.54) is 71.9 Å². The molecule has 0 heterocycles. The third kappa shape index (κ3) is 5.85. The molecular formula is C30H36. The molecule has 0 unspecified atom stereocenters. The van der Waals surface area contributed by atoms with Crippen molar-refractivity contribution in [1.82, 2.24) is 0 Å². The van der Waals surface area contributed by atoms with Crippen molar-refractivity contribution in [2.75, 3.05) is 0 Å². The van der Waals surface area contributed by atoms with E-state index in [9.17, 15) is 0 Å². The average molecular weight is 397 g/mol. The van der Waals surface area contributed by atoms with Gasteiger partial charge in [0.15, 0.2) is 0 Å². The van der Waals surface area contributed by atoms with Crippen molar-refractivity contribution in [3.8, 4) is 0 Å². The number of benzene rings is 3. The zero-order chi connectivity index (χ0) is 20.8. The van der Waals surface area contributed by atoms with Crippen LogP contribution in [0, 0.1) is 18.8 Å². The first-order valence-corrected chi connectivity index (χ1v) is 11.9. The molecule has 0 N–H and O–H groups in total. The Morgan fingerprint density at radius 1 is 0.533 bits per heavy atom. The van der Waals surface area contributed by atoms with E-state index in [2.05, 4.69) is 86.6 Å². The lowest BCUT2D eigenvalue weighted by atomic mass is 9.78. The number of hydrogen-bond donors (Lipinski definition) is 0. The van der Waals surface area contributed by atoms with Gasteiger partial charge < -0.3 is 0 Å². The second-order valence-corrected chi connectivity index (χ2v) is 9.47. The lowest BCUT2D eigenvalue weighted by molar-refractivity contribution is 0.268. The van der Waals surface area contributed by atoms with Crippen molar-refractivity contribution in [2.45, 2.75) is 65.2 Å². The average Bonchev–Trinajstić information content (AvgIpc) is 2.78. The summed E-state index contributed by atoms with van der Waals surface area (Å²) < 4.78 is 0. The normalized spacial score (nSPS) is 19.0. The van der Waals surface area contributed by atoms with Crippen molar-refractivity contribution in [1.29, 1.82) is 0 Å². The summed E-state index contributed by atoms with van der Waals surface area (Å²) in [5.74, 6) is 1.90. The molecule has 4 rings (SSSR count). The summed E-state index contributed by atoms with van der Waals surface area (Å²) in [6, 6.07) is 27.5. The smallest absolute Gasteiger partial charge is 0.00258 e. The van der Waals surface area contributed by atoms with Crippen LogP contribution in [0.1, 0.15) is 72.4 Å². The molecule has 1 fully saturated rings. The summed E-state index contributed by atoms with van der Waals surface area (Å²) in [7, 11) is 0. The van der Waals surface area contributed by atoms with Gasteiger partial charge in [-0.15, -0.1) is 0 Å². The molecule has 1 aliphatic rings. The Kier molecular flexibility index (Phi) is 7.05. The third-order valence-corrected chi connectivity index (χ3v) is 7.05. The van der Waals surface area contributed by atoms with E-state index >= 15 is 0 Å². The summed E-state index contributed by atoms with van der Waals surface area (Å²) in [6.07, 6.45) is 10.4. The minimum absolute atomic E-state index is 0.903. The maximum absolute atomic E-state index is 2.37. The van der Waals surface area contributed by atoms with Crippen molar-refractivity contribution >= 4 is 0 Å². The van der Waals surface area contributed by atoms with Gasteiger partial charge in [-0.1, -0.05) is 105 Å². The largest absolute Gasteiger partial charge is 0.0651 e. The molecule has 0 aliphatic heterocycles. The zero-order valence-corrected chi connectivity index (χ0v) is 18.7. The predicted molar refractivity (Wildman–Crippen MR) is 129 cm³/mol. The SMILES string of the molecule is CCC1CCC(Cc2ccc(Cc3ccc(Cc4ccc(C)cc4)cc3)cc2)CC1. The lowest BCUT2D eigenvalue weighted by Gasteiger charge is -2.27. The van der Waals surface area contributed by atoms with Crippen LogP contribution in [0.15, 0.2) is 72.8 Å². The van der Waals surface area contributed by atoms with Crippen LogP contribution in [-0.2, 0) is 19.3 Å². The van der Waals surface area contributed by atoms with E-state index in [-0.39, 0.29) is 0 Å². The van der Waals surface area contributed by atoms with Gasteiger partial charge in [0.25, 0.3) is 0 Å². The number of hydrogen-bond acceptors (Lipinski definition) is 0. The molecule has 0 saturated heterocycles. The van der Waals surface area contributed by atoms with Gasteiger partial charge in [-0.05, 0) is 78.7 Å². The molecule has 30 heavy (non-hydrogen) atoms. The molecule has 0 spiro atoms. The Morgan fingerprint density at radius 2 is 0.900 bits per heavy atom. The molecule has 0 heteroatoms. The van der Waals surface area contributed by atoms with E-state index in [1.807, 2.05) is 0 Å². The predicted octanol–water partition coefficient (Wildman–Crippen LogP) is 7.94. The first-order valence-electron chi connectivity index (χ1n) is 11.9. The first kappa shape index (κ1) is 20.9. The van der Waals surface area contributed by atoms with Gasteiger partial charge in [0.05, 0.1) is 0 Å². The van der Waals surface area contributed by atoms with Crippen LogP contribution in [-0.4, -0.2) is 0 Å². The van der Waals surface area contributed by atoms with Gasteiger partial charge in [-0.3, -0.25) is 0 Å². The highest BCUT2D eigenvalue weighted by molar-refractivity contribution is 5.33. The minimum atomic E-state index is 0.903. The van der Waals surface area contributed by atoms with E-state index in [4.69, 9.17) is 0 Å². The van der Waals surface area contributed by atoms with Gasteiger partial charge >= 0.3 is 0 Å². The second kappa shape index (κ2) is 10.1. The summed E-state index contributed by atoms with van der Waals surface area (Å²) >= 11 is 0. The molecule has 1 aliphatic carbocycles. The van der Waals surface area contributed by atoms with E-state index in [0.29, 0.717) is 0 Å². The Labute approximate surface area is 183 Å². The fourth-order valence-corrected chi connectivity index (χ4v) is 4.92. The van der Waals surface area contributed by atoms with Crippen molar-refractivity contribution in [3.05, 3.63) is 106 Å². The monoisotopic (exact) mass is 396 g/mol. The highest BCUT2D eigenvalue weighted by Gasteiger charge is 2.20. The standard InChI is InChI=1S/C30H36/c1-3-24-8-10-26(11-9-24)21-28-16-18-30(19-17-28)22-29-14-12-27(13-15-29)20-25-6-4-23(2)5-7-25/h4-7,12-19,24,26H,3,8-11,20-22H2,1-2H3. The highest BCUT2D eigenvalue weighted by atomic mass is 14.3. The highest BCUT2D eigenvalue weighted by Crippen LogP contribution is 2.32. The van der Waals surface area contributed by atoms with E-state index in [0.717, 1.165) is 24.7 Å². The molecule has 3 aromatic rings. The molecule has 0 bridgehead atoms. The van der Waals surface area contributed by atoms with Crippen LogP contribution in [0.2, 0.25) is 0 Å². The first-order chi connectivity index (χ1) is 14.7. The van der Waals surface area contributed by atoms with Gasteiger partial charge in [0, 0.05) is 0 Å². The van der Waals surface area contributed by atoms with Crippen molar-refractivity contribution in [2.24, 2.45) is 11.8 Å². The summed E-state index contributed by atoms with van der Waals surface area (Å²) in [5, 5.41) is 0. The molecule has 0 radical (unpaired) electrons. The molecule has 0 nitrogen and oxygen atoms in total. The van der Waals surface area contributed by atoms with Crippen LogP contribution in [0.5, 0.6) is 0 Å². The molecule has 0 amide bonds. The lowest BCUT2D eigenvalue weighted by Crippen LogP contribution is -2.15. The zero-order valence-electron chi connectivity index (χ0n) is 18.7. The second-order valence-electron chi connectivity index (χ2n) is 9.47. The molecule has 1 saturated carbocycles. The number of rotatable bonds is 7. The fraction of sp³-hybridized carbons (Fsp3) is 0.400. The third-order valence-electron chi connectivity index (χ3n) is 7.05. The van der Waals surface area contributed by atoms with Gasteiger partial charge in [0.1, 0.15) is 0 Å². The summed E-state index contributed by atoms with van der Waals surface area (Å²) in [4.78, 5) is 0. The van der Waals surface area contributed by atoms with Crippen molar-refractivity contribution in [3.63, 3.8) is 0 Å². The Bertz CT molecular complexity index is 892. The van der Waals surface area contributed by atoms with Gasteiger partial charge in [-0.2, -0.15) is 0 Å². The van der Waals surface area contributed by atoms with Crippen LogP contribution in [0.25, 0.3) is 0 Å². The maximum atomic E-state index is 2.37. The summed E-state index contributed by atoms with van der Waals surface area (Å²) in [5.41, 5.74) is 8.42. The van der Waals surface area contributed by atoms with Crippen LogP contribution in [0.3, 0.4) is 0 Å². The summed E-state index contributed by atoms with van der Waals surface area (Å²) in [6.45, 7) is 4.49. The maximum Gasteiger partial charge on any atom is -0.00258 e. The van der Waals surface area contributed by atoms with E-state index < -0.39 is 0 Å². The number of aryl methyl sites for hydroxylation is 1. The van der Waals surface area contributed by atoms with Gasteiger partial charge in [0.2, 0.25) is 0 Å². The fourth-order valence-electron chi connectivity index (χ4n) is 4.92. The molecule has 0 atom stereocenters. The van der Waals surface area contributed by atoms with Crippen LogP contribution >= 0.6 is 0 Å².